The molecule has 6 nitrogen and oxygen atoms in total. The third-order valence-electron chi connectivity index (χ3n) is 4.33. The summed E-state index contributed by atoms with van der Waals surface area (Å²) >= 11 is 12.3. The molecule has 0 unspecified atom stereocenters. The fourth-order valence-electron chi connectivity index (χ4n) is 2.78. The van der Waals surface area contributed by atoms with Crippen molar-refractivity contribution in [1.82, 2.24) is 0 Å². The molecule has 0 saturated carbocycles. The van der Waals surface area contributed by atoms with E-state index in [0.717, 1.165) is 6.26 Å². The maximum absolute atomic E-state index is 12.5. The molecular weight excluding hydrogens is 459 g/mol. The summed E-state index contributed by atoms with van der Waals surface area (Å²) in [5.74, 6) is -0.776. The number of sulfone groups is 1. The predicted molar refractivity (Wildman–Crippen MR) is 123 cm³/mol. The van der Waals surface area contributed by atoms with E-state index in [1.54, 1.807) is 36.4 Å². The van der Waals surface area contributed by atoms with Crippen LogP contribution in [0.1, 0.15) is 15.9 Å². The Morgan fingerprint density at radius 3 is 2.29 bits per heavy atom. The first kappa shape index (κ1) is 22.8. The van der Waals surface area contributed by atoms with E-state index in [2.05, 4.69) is 10.6 Å². The maximum atomic E-state index is 12.5. The number of hydrogen-bond donors (Lipinski definition) is 2. The first-order valence-corrected chi connectivity index (χ1v) is 11.7. The number of amides is 2. The Morgan fingerprint density at radius 2 is 1.61 bits per heavy atom. The highest BCUT2D eigenvalue weighted by atomic mass is 35.5. The molecule has 0 fully saturated rings. The highest BCUT2D eigenvalue weighted by Gasteiger charge is 2.14. The molecule has 0 heterocycles. The van der Waals surface area contributed by atoms with E-state index in [9.17, 15) is 18.0 Å². The zero-order valence-corrected chi connectivity index (χ0v) is 18.7. The van der Waals surface area contributed by atoms with Crippen LogP contribution in [0.4, 0.5) is 11.4 Å². The summed E-state index contributed by atoms with van der Waals surface area (Å²) in [6, 6.07) is 17.4. The predicted octanol–water partition coefficient (Wildman–Crippen LogP) is 4.83. The monoisotopic (exact) mass is 476 g/mol. The Hall–Kier alpha value is -2.87. The van der Waals surface area contributed by atoms with Gasteiger partial charge in [-0.2, -0.15) is 0 Å². The first-order chi connectivity index (χ1) is 14.6. The molecule has 0 spiro atoms. The van der Waals surface area contributed by atoms with Crippen molar-refractivity contribution in [2.24, 2.45) is 0 Å². The van der Waals surface area contributed by atoms with Gasteiger partial charge in [-0.3, -0.25) is 9.59 Å². The van der Waals surface area contributed by atoms with Crippen molar-refractivity contribution >= 4 is 56.2 Å². The second-order valence-corrected chi connectivity index (χ2v) is 9.60. The SMILES string of the molecule is CS(=O)(=O)c1cccc(C(=O)Nc2ccc(NC(=O)Cc3ccccc3Cl)cc2Cl)c1. The number of hydrogen-bond acceptors (Lipinski definition) is 4. The molecule has 3 aromatic rings. The van der Waals surface area contributed by atoms with Crippen LogP contribution >= 0.6 is 23.2 Å². The molecule has 3 aromatic carbocycles. The van der Waals surface area contributed by atoms with Gasteiger partial charge in [0.2, 0.25) is 5.91 Å². The molecule has 0 radical (unpaired) electrons. The molecular formula is C22H18Cl2N2O4S. The Labute approximate surface area is 190 Å². The highest BCUT2D eigenvalue weighted by molar-refractivity contribution is 7.90. The summed E-state index contributed by atoms with van der Waals surface area (Å²) in [5.41, 5.74) is 1.66. The van der Waals surface area contributed by atoms with Gasteiger partial charge in [0.25, 0.3) is 5.91 Å². The van der Waals surface area contributed by atoms with Gasteiger partial charge in [0.05, 0.1) is 22.0 Å². The lowest BCUT2D eigenvalue weighted by atomic mass is 10.1. The number of carbonyl (C=O) groups excluding carboxylic acids is 2. The van der Waals surface area contributed by atoms with Gasteiger partial charge < -0.3 is 10.6 Å². The molecule has 2 N–H and O–H groups in total. The second kappa shape index (κ2) is 9.51. The Morgan fingerprint density at radius 1 is 0.871 bits per heavy atom. The quantitative estimate of drug-likeness (QED) is 0.532. The van der Waals surface area contributed by atoms with Crippen molar-refractivity contribution in [1.29, 1.82) is 0 Å². The fourth-order valence-corrected chi connectivity index (χ4v) is 3.87. The van der Waals surface area contributed by atoms with Crippen molar-refractivity contribution in [3.05, 3.63) is 87.9 Å². The van der Waals surface area contributed by atoms with Gasteiger partial charge in [0, 0.05) is 22.5 Å². The van der Waals surface area contributed by atoms with E-state index in [0.29, 0.717) is 22.0 Å². The average Bonchev–Trinajstić information content (AvgIpc) is 2.71. The van der Waals surface area contributed by atoms with Gasteiger partial charge in [-0.25, -0.2) is 8.42 Å². The van der Waals surface area contributed by atoms with Crippen LogP contribution in [-0.4, -0.2) is 26.5 Å². The molecule has 0 aliphatic carbocycles. The van der Waals surface area contributed by atoms with Gasteiger partial charge >= 0.3 is 0 Å². The summed E-state index contributed by atoms with van der Waals surface area (Å²) in [5, 5.41) is 6.09. The van der Waals surface area contributed by atoms with Gasteiger partial charge in [0.15, 0.2) is 9.84 Å². The smallest absolute Gasteiger partial charge is 0.255 e. The lowest BCUT2D eigenvalue weighted by molar-refractivity contribution is -0.115. The molecule has 0 aromatic heterocycles. The molecule has 0 saturated heterocycles. The molecule has 0 aliphatic rings. The van der Waals surface area contributed by atoms with Crippen LogP contribution in [-0.2, 0) is 21.1 Å². The fraction of sp³-hybridized carbons (Fsp3) is 0.0909. The minimum atomic E-state index is -3.44. The van der Waals surface area contributed by atoms with Crippen LogP contribution in [0.3, 0.4) is 0 Å². The number of benzene rings is 3. The summed E-state index contributed by atoms with van der Waals surface area (Å²) in [4.78, 5) is 24.8. The zero-order valence-electron chi connectivity index (χ0n) is 16.4. The standard InChI is InChI=1S/C22H18Cl2N2O4S/c1-31(29,30)17-7-4-6-15(11-17)22(28)26-20-10-9-16(13-19(20)24)25-21(27)12-14-5-2-3-8-18(14)23/h2-11,13H,12H2,1H3,(H,25,27)(H,26,28). The van der Waals surface area contributed by atoms with Gasteiger partial charge in [-0.1, -0.05) is 47.5 Å². The Balaban J connectivity index is 1.69. The van der Waals surface area contributed by atoms with E-state index >= 15 is 0 Å². The Kier molecular flexibility index (Phi) is 7.00. The highest BCUT2D eigenvalue weighted by Crippen LogP contribution is 2.26. The van der Waals surface area contributed by atoms with Crippen molar-refractivity contribution < 1.29 is 18.0 Å². The average molecular weight is 477 g/mol. The lowest BCUT2D eigenvalue weighted by Crippen LogP contribution is -2.15. The number of anilines is 2. The summed E-state index contributed by atoms with van der Waals surface area (Å²) in [6.07, 6.45) is 1.17. The van der Waals surface area contributed by atoms with Crippen molar-refractivity contribution in [3.63, 3.8) is 0 Å². The number of nitrogens with one attached hydrogen (secondary N) is 2. The molecule has 2 amide bonds. The van der Waals surface area contributed by atoms with Gasteiger partial charge in [-0.15, -0.1) is 0 Å². The number of rotatable bonds is 6. The minimum absolute atomic E-state index is 0.0443. The van der Waals surface area contributed by atoms with Crippen molar-refractivity contribution in [2.75, 3.05) is 16.9 Å². The Bertz CT molecular complexity index is 1260. The van der Waals surface area contributed by atoms with Crippen LogP contribution < -0.4 is 10.6 Å². The summed E-state index contributed by atoms with van der Waals surface area (Å²) < 4.78 is 23.4. The molecule has 0 atom stereocenters. The van der Waals surface area contributed by atoms with Crippen molar-refractivity contribution in [3.8, 4) is 0 Å². The molecule has 3 rings (SSSR count). The topological polar surface area (TPSA) is 92.3 Å². The van der Waals surface area contributed by atoms with E-state index in [4.69, 9.17) is 23.2 Å². The van der Waals surface area contributed by atoms with Crippen LogP contribution in [0.2, 0.25) is 10.0 Å². The second-order valence-electron chi connectivity index (χ2n) is 6.77. The summed E-state index contributed by atoms with van der Waals surface area (Å²) in [6.45, 7) is 0. The normalized spacial score (nSPS) is 11.1. The van der Waals surface area contributed by atoms with E-state index < -0.39 is 15.7 Å². The first-order valence-electron chi connectivity index (χ1n) is 9.08. The van der Waals surface area contributed by atoms with Crippen LogP contribution in [0.5, 0.6) is 0 Å². The van der Waals surface area contributed by atoms with Crippen molar-refractivity contribution in [2.45, 2.75) is 11.3 Å². The number of carbonyl (C=O) groups is 2. The lowest BCUT2D eigenvalue weighted by Gasteiger charge is -2.11. The number of halogens is 2. The zero-order chi connectivity index (χ0) is 22.6. The molecule has 160 valence electrons. The molecule has 9 heteroatoms. The van der Waals surface area contributed by atoms with E-state index in [1.807, 2.05) is 0 Å². The summed E-state index contributed by atoms with van der Waals surface area (Å²) in [7, 11) is -3.44. The maximum Gasteiger partial charge on any atom is 0.255 e. The van der Waals surface area contributed by atoms with E-state index in [1.165, 1.54) is 30.3 Å². The van der Waals surface area contributed by atoms with Crippen LogP contribution in [0, 0.1) is 0 Å². The minimum Gasteiger partial charge on any atom is -0.326 e. The molecule has 0 aliphatic heterocycles. The molecule has 0 bridgehead atoms. The van der Waals surface area contributed by atoms with Gasteiger partial charge in [0.1, 0.15) is 0 Å². The van der Waals surface area contributed by atoms with Crippen LogP contribution in [0.25, 0.3) is 0 Å². The third kappa shape index (κ3) is 6.07. The largest absolute Gasteiger partial charge is 0.326 e. The van der Waals surface area contributed by atoms with Gasteiger partial charge in [-0.05, 0) is 48.0 Å². The van der Waals surface area contributed by atoms with E-state index in [-0.39, 0.29) is 27.8 Å². The van der Waals surface area contributed by atoms with Crippen LogP contribution in [0.15, 0.2) is 71.6 Å². The molecule has 31 heavy (non-hydrogen) atoms. The third-order valence-corrected chi connectivity index (χ3v) is 6.13.